The number of hydrogen-bond donors (Lipinski definition) is 0. The van der Waals surface area contributed by atoms with Gasteiger partial charge in [-0.3, -0.25) is 0 Å². The molecule has 0 aliphatic carbocycles. The molecule has 96 valence electrons. The van der Waals surface area contributed by atoms with E-state index >= 15 is 0 Å². The summed E-state index contributed by atoms with van der Waals surface area (Å²) in [6.07, 6.45) is 1.72. The molecule has 4 nitrogen and oxygen atoms in total. The Morgan fingerprint density at radius 3 is 2.47 bits per heavy atom. The van der Waals surface area contributed by atoms with Crippen LogP contribution in [-0.4, -0.2) is 29.5 Å². The maximum Gasteiger partial charge on any atom is 0.198 e. The molecule has 0 amide bonds. The van der Waals surface area contributed by atoms with Crippen molar-refractivity contribution in [1.29, 1.82) is 0 Å². The molecule has 1 rings (SSSR count). The van der Waals surface area contributed by atoms with Crippen LogP contribution in [0.25, 0.3) is 0 Å². The third-order valence-corrected chi connectivity index (χ3v) is 4.91. The molecule has 0 saturated carbocycles. The minimum Gasteiger partial charge on any atom is -0.241 e. The molecule has 17 heavy (non-hydrogen) atoms. The molecule has 1 unspecified atom stereocenters. The topological polar surface area (TPSA) is 59.9 Å². The van der Waals surface area contributed by atoms with E-state index in [4.69, 9.17) is 11.6 Å². The molecule has 0 aliphatic heterocycles. The first-order chi connectivity index (χ1) is 7.89. The molecular weight excluding hydrogens is 260 g/mol. The van der Waals surface area contributed by atoms with Crippen LogP contribution in [0.15, 0.2) is 17.4 Å². The van der Waals surface area contributed by atoms with E-state index in [-0.39, 0.29) is 10.9 Å². The van der Waals surface area contributed by atoms with Gasteiger partial charge in [-0.1, -0.05) is 13.8 Å². The Morgan fingerprint density at radius 1 is 1.29 bits per heavy atom. The van der Waals surface area contributed by atoms with E-state index in [9.17, 15) is 8.42 Å². The van der Waals surface area contributed by atoms with E-state index in [2.05, 4.69) is 9.97 Å². The van der Waals surface area contributed by atoms with Crippen molar-refractivity contribution in [3.05, 3.63) is 18.1 Å². The third kappa shape index (κ3) is 3.39. The molecular formula is C11H17ClN2O2S. The normalized spacial score (nSPS) is 13.9. The number of nitrogens with zero attached hydrogens (tertiary/aromatic N) is 2. The minimum atomic E-state index is -3.39. The summed E-state index contributed by atoms with van der Waals surface area (Å²) in [6, 6.07) is 1.55. The van der Waals surface area contributed by atoms with E-state index in [0.29, 0.717) is 12.3 Å². The van der Waals surface area contributed by atoms with Crippen LogP contribution in [0.5, 0.6) is 0 Å². The van der Waals surface area contributed by atoms with E-state index in [1.54, 1.807) is 13.0 Å². The average molecular weight is 277 g/mol. The summed E-state index contributed by atoms with van der Waals surface area (Å²) >= 11 is 5.57. The lowest BCUT2D eigenvalue weighted by Gasteiger charge is -2.12. The second kappa shape index (κ2) is 5.78. The predicted octanol–water partition coefficient (Wildman–Crippen LogP) is 2.39. The number of hydrogen-bond acceptors (Lipinski definition) is 4. The van der Waals surface area contributed by atoms with Crippen LogP contribution in [0.3, 0.4) is 0 Å². The lowest BCUT2D eigenvalue weighted by Crippen LogP contribution is -2.20. The van der Waals surface area contributed by atoms with Crippen molar-refractivity contribution in [2.75, 3.05) is 5.88 Å². The number of rotatable bonds is 5. The molecule has 0 bridgehead atoms. The Balaban J connectivity index is 3.11. The first kappa shape index (κ1) is 14.4. The third-order valence-electron chi connectivity index (χ3n) is 2.59. The Morgan fingerprint density at radius 2 is 1.94 bits per heavy atom. The Bertz CT molecular complexity index is 474. The molecule has 0 spiro atoms. The molecule has 0 saturated heterocycles. The summed E-state index contributed by atoms with van der Waals surface area (Å²) in [4.78, 5) is 7.91. The maximum atomic E-state index is 12.1. The van der Waals surface area contributed by atoms with Crippen molar-refractivity contribution in [2.45, 2.75) is 43.4 Å². The fourth-order valence-corrected chi connectivity index (χ4v) is 3.12. The van der Waals surface area contributed by atoms with Crippen molar-refractivity contribution in [3.8, 4) is 0 Å². The smallest absolute Gasteiger partial charge is 0.198 e. The zero-order valence-corrected chi connectivity index (χ0v) is 11.8. The zero-order valence-electron chi connectivity index (χ0n) is 10.2. The largest absolute Gasteiger partial charge is 0.241 e. The van der Waals surface area contributed by atoms with Crippen molar-refractivity contribution in [2.24, 2.45) is 0 Å². The SMILES string of the molecule is CC(C)c1cc(S(=O)(=O)C(C)CCCl)ncn1. The second-order valence-electron chi connectivity index (χ2n) is 4.27. The van der Waals surface area contributed by atoms with Crippen molar-refractivity contribution in [3.63, 3.8) is 0 Å². The summed E-state index contributed by atoms with van der Waals surface area (Å²) in [5, 5.41) is -0.427. The number of aromatic nitrogens is 2. The van der Waals surface area contributed by atoms with Crippen LogP contribution in [0.4, 0.5) is 0 Å². The van der Waals surface area contributed by atoms with Crippen molar-refractivity contribution >= 4 is 21.4 Å². The Labute approximate surface area is 107 Å². The summed E-state index contributed by atoms with van der Waals surface area (Å²) < 4.78 is 24.3. The molecule has 0 radical (unpaired) electrons. The van der Waals surface area contributed by atoms with Crippen LogP contribution in [0.2, 0.25) is 0 Å². The van der Waals surface area contributed by atoms with Gasteiger partial charge in [-0.05, 0) is 25.3 Å². The van der Waals surface area contributed by atoms with Crippen LogP contribution in [0, 0.1) is 0 Å². The van der Waals surface area contributed by atoms with Crippen LogP contribution >= 0.6 is 11.6 Å². The zero-order chi connectivity index (χ0) is 13.1. The highest BCUT2D eigenvalue weighted by Gasteiger charge is 2.24. The standard InChI is InChI=1S/C11H17ClN2O2S/c1-8(2)10-6-11(14-7-13-10)17(15,16)9(3)4-5-12/h6-9H,4-5H2,1-3H3. The summed E-state index contributed by atoms with van der Waals surface area (Å²) in [6.45, 7) is 5.57. The summed E-state index contributed by atoms with van der Waals surface area (Å²) in [5.74, 6) is 0.498. The van der Waals surface area contributed by atoms with Gasteiger partial charge in [-0.15, -0.1) is 11.6 Å². The van der Waals surface area contributed by atoms with Gasteiger partial charge < -0.3 is 0 Å². The minimum absolute atomic E-state index is 0.0915. The van der Waals surface area contributed by atoms with Gasteiger partial charge in [0.2, 0.25) is 0 Å². The van der Waals surface area contributed by atoms with E-state index in [1.807, 2.05) is 13.8 Å². The molecule has 0 aliphatic rings. The Kier molecular flexibility index (Phi) is 4.89. The van der Waals surface area contributed by atoms with Crippen LogP contribution < -0.4 is 0 Å². The maximum absolute atomic E-state index is 12.1. The van der Waals surface area contributed by atoms with Gasteiger partial charge in [0.05, 0.1) is 5.25 Å². The van der Waals surface area contributed by atoms with E-state index in [0.717, 1.165) is 5.69 Å². The fourth-order valence-electron chi connectivity index (χ4n) is 1.34. The van der Waals surface area contributed by atoms with Gasteiger partial charge >= 0.3 is 0 Å². The van der Waals surface area contributed by atoms with E-state index in [1.165, 1.54) is 6.33 Å². The van der Waals surface area contributed by atoms with Crippen LogP contribution in [-0.2, 0) is 9.84 Å². The highest BCUT2D eigenvalue weighted by molar-refractivity contribution is 7.92. The first-order valence-corrected chi connectivity index (χ1v) is 7.59. The average Bonchev–Trinajstić information content (AvgIpc) is 2.29. The van der Waals surface area contributed by atoms with Crippen molar-refractivity contribution < 1.29 is 8.42 Å². The van der Waals surface area contributed by atoms with Gasteiger partial charge in [-0.2, -0.15) is 0 Å². The monoisotopic (exact) mass is 276 g/mol. The van der Waals surface area contributed by atoms with Crippen LogP contribution in [0.1, 0.15) is 38.8 Å². The molecule has 6 heteroatoms. The lowest BCUT2D eigenvalue weighted by atomic mass is 10.1. The van der Waals surface area contributed by atoms with Gasteiger partial charge in [0, 0.05) is 11.6 Å². The van der Waals surface area contributed by atoms with E-state index < -0.39 is 15.1 Å². The van der Waals surface area contributed by atoms with Gasteiger partial charge in [0.1, 0.15) is 6.33 Å². The van der Waals surface area contributed by atoms with Gasteiger partial charge in [0.15, 0.2) is 14.9 Å². The predicted molar refractivity (Wildman–Crippen MR) is 68.1 cm³/mol. The van der Waals surface area contributed by atoms with Gasteiger partial charge in [0.25, 0.3) is 0 Å². The lowest BCUT2D eigenvalue weighted by molar-refractivity contribution is 0.576. The highest BCUT2D eigenvalue weighted by atomic mass is 35.5. The van der Waals surface area contributed by atoms with Gasteiger partial charge in [-0.25, -0.2) is 18.4 Å². The molecule has 1 aromatic rings. The quantitative estimate of drug-likeness (QED) is 0.612. The number of alkyl halides is 1. The molecule has 0 fully saturated rings. The summed E-state index contributed by atoms with van der Waals surface area (Å²) in [7, 11) is -3.39. The molecule has 0 aromatic carbocycles. The fraction of sp³-hybridized carbons (Fsp3) is 0.636. The number of halogens is 1. The molecule has 1 heterocycles. The second-order valence-corrected chi connectivity index (χ2v) is 6.96. The first-order valence-electron chi connectivity index (χ1n) is 5.51. The molecule has 1 atom stereocenters. The molecule has 1 aromatic heterocycles. The highest BCUT2D eigenvalue weighted by Crippen LogP contribution is 2.19. The molecule has 0 N–H and O–H groups in total. The van der Waals surface area contributed by atoms with Crippen molar-refractivity contribution in [1.82, 2.24) is 9.97 Å². The Hall–Kier alpha value is -0.680. The summed E-state index contributed by atoms with van der Waals surface area (Å²) in [5.41, 5.74) is 0.733. The number of sulfone groups is 1.